The highest BCUT2D eigenvalue weighted by atomic mass is 35.5. The van der Waals surface area contributed by atoms with Crippen LogP contribution in [-0.2, 0) is 6.42 Å². The number of hydrogen-bond donors (Lipinski definition) is 1. The number of nitrogens with zero attached hydrogens (tertiary/aromatic N) is 3. The monoisotopic (exact) mass is 278 g/mol. The molecule has 2 heterocycles. The first kappa shape index (κ1) is 13.2. The number of pyridine rings is 2. The van der Waals surface area contributed by atoms with Crippen LogP contribution >= 0.6 is 11.6 Å². The molecule has 1 N–H and O–H groups in total. The van der Waals surface area contributed by atoms with Crippen molar-refractivity contribution in [2.45, 2.75) is 6.42 Å². The molecule has 19 heavy (non-hydrogen) atoms. The van der Waals surface area contributed by atoms with Gasteiger partial charge in [0.05, 0.1) is 17.1 Å². The molecule has 0 unspecified atom stereocenters. The van der Waals surface area contributed by atoms with Gasteiger partial charge in [0, 0.05) is 18.9 Å². The summed E-state index contributed by atoms with van der Waals surface area (Å²) in [5.41, 5.74) is 0.996. The van der Waals surface area contributed by atoms with Gasteiger partial charge in [-0.05, 0) is 18.1 Å². The fourth-order valence-corrected chi connectivity index (χ4v) is 1.76. The molecule has 2 aromatic heterocycles. The zero-order valence-corrected chi connectivity index (χ0v) is 10.7. The number of aromatic nitrogens is 2. The fraction of sp³-hybridized carbons (Fsp3) is 0.167. The molecule has 0 spiro atoms. The molecule has 6 nitrogen and oxygen atoms in total. The minimum Gasteiger partial charge on any atom is -0.369 e. The predicted octanol–water partition coefficient (Wildman–Crippen LogP) is 2.69. The molecule has 0 aliphatic heterocycles. The summed E-state index contributed by atoms with van der Waals surface area (Å²) in [6, 6.07) is 6.39. The van der Waals surface area contributed by atoms with Crippen molar-refractivity contribution in [2.24, 2.45) is 0 Å². The van der Waals surface area contributed by atoms with E-state index in [9.17, 15) is 10.1 Å². The third kappa shape index (κ3) is 3.89. The number of hydrogen-bond acceptors (Lipinski definition) is 5. The molecule has 0 saturated carbocycles. The Balaban J connectivity index is 1.98. The first-order valence-corrected chi connectivity index (χ1v) is 5.98. The van der Waals surface area contributed by atoms with E-state index in [0.29, 0.717) is 12.4 Å². The van der Waals surface area contributed by atoms with Gasteiger partial charge < -0.3 is 5.32 Å². The van der Waals surface area contributed by atoms with E-state index in [1.54, 1.807) is 12.4 Å². The lowest BCUT2D eigenvalue weighted by molar-refractivity contribution is -0.384. The van der Waals surface area contributed by atoms with Crippen molar-refractivity contribution in [1.82, 2.24) is 9.97 Å². The molecule has 0 radical (unpaired) electrons. The average molecular weight is 279 g/mol. The van der Waals surface area contributed by atoms with Gasteiger partial charge >= 0.3 is 0 Å². The molecule has 0 saturated heterocycles. The van der Waals surface area contributed by atoms with E-state index in [1.165, 1.54) is 12.1 Å². The largest absolute Gasteiger partial charge is 0.369 e. The second-order valence-corrected chi connectivity index (χ2v) is 4.22. The number of anilines is 1. The summed E-state index contributed by atoms with van der Waals surface area (Å²) in [6.07, 6.45) is 4.23. The highest BCUT2D eigenvalue weighted by Crippen LogP contribution is 2.20. The maximum Gasteiger partial charge on any atom is 0.276 e. The van der Waals surface area contributed by atoms with E-state index in [2.05, 4.69) is 15.3 Å². The van der Waals surface area contributed by atoms with Crippen molar-refractivity contribution in [3.05, 3.63) is 57.5 Å². The molecule has 0 aliphatic rings. The smallest absolute Gasteiger partial charge is 0.276 e. The minimum atomic E-state index is -0.500. The van der Waals surface area contributed by atoms with Crippen molar-refractivity contribution >= 4 is 23.1 Å². The second kappa shape index (κ2) is 6.10. The predicted molar refractivity (Wildman–Crippen MR) is 72.3 cm³/mol. The first-order chi connectivity index (χ1) is 9.15. The van der Waals surface area contributed by atoms with Crippen LogP contribution in [0.2, 0.25) is 5.15 Å². The Labute approximate surface area is 114 Å². The Kier molecular flexibility index (Phi) is 4.25. The van der Waals surface area contributed by atoms with Crippen molar-refractivity contribution in [3.8, 4) is 0 Å². The van der Waals surface area contributed by atoms with E-state index < -0.39 is 4.92 Å². The van der Waals surface area contributed by atoms with E-state index in [0.717, 1.165) is 12.0 Å². The second-order valence-electron chi connectivity index (χ2n) is 3.83. The van der Waals surface area contributed by atoms with Gasteiger partial charge in [0.15, 0.2) is 0 Å². The molecule has 2 aromatic rings. The van der Waals surface area contributed by atoms with E-state index in [4.69, 9.17) is 11.6 Å². The Bertz CT molecular complexity index is 577. The summed E-state index contributed by atoms with van der Waals surface area (Å²) in [7, 11) is 0. The standard InChI is InChI=1S/C12H11ClN4O2/c13-11-6-10(17(18)19)7-12(16-11)15-5-3-9-2-1-4-14-8-9/h1-2,4,6-8H,3,5H2,(H,15,16). The number of halogens is 1. The number of rotatable bonds is 5. The highest BCUT2D eigenvalue weighted by Gasteiger charge is 2.09. The van der Waals surface area contributed by atoms with Crippen LogP contribution in [0.3, 0.4) is 0 Å². The Morgan fingerprint density at radius 3 is 2.95 bits per heavy atom. The summed E-state index contributed by atoms with van der Waals surface area (Å²) in [6.45, 7) is 0.593. The molecule has 0 aromatic carbocycles. The van der Waals surface area contributed by atoms with Gasteiger partial charge in [-0.3, -0.25) is 15.1 Å². The van der Waals surface area contributed by atoms with Crippen LogP contribution in [0.15, 0.2) is 36.7 Å². The van der Waals surface area contributed by atoms with Crippen LogP contribution in [-0.4, -0.2) is 21.4 Å². The van der Waals surface area contributed by atoms with Crippen LogP contribution in [0.1, 0.15) is 5.56 Å². The number of nitrogens with one attached hydrogen (secondary N) is 1. The Morgan fingerprint density at radius 2 is 2.26 bits per heavy atom. The molecule has 0 atom stereocenters. The zero-order valence-electron chi connectivity index (χ0n) is 9.91. The lowest BCUT2D eigenvalue weighted by Gasteiger charge is -2.05. The summed E-state index contributed by atoms with van der Waals surface area (Å²) < 4.78 is 0. The molecule has 2 rings (SSSR count). The molecule has 0 amide bonds. The van der Waals surface area contributed by atoms with Crippen molar-refractivity contribution in [1.29, 1.82) is 0 Å². The summed E-state index contributed by atoms with van der Waals surface area (Å²) in [4.78, 5) is 18.2. The van der Waals surface area contributed by atoms with Crippen LogP contribution < -0.4 is 5.32 Å². The van der Waals surface area contributed by atoms with Crippen LogP contribution in [0.25, 0.3) is 0 Å². The van der Waals surface area contributed by atoms with Gasteiger partial charge in [-0.1, -0.05) is 17.7 Å². The van der Waals surface area contributed by atoms with Crippen molar-refractivity contribution < 1.29 is 4.92 Å². The maximum absolute atomic E-state index is 10.7. The molecule has 0 aliphatic carbocycles. The molecule has 0 fully saturated rings. The van der Waals surface area contributed by atoms with Gasteiger partial charge in [0.1, 0.15) is 11.0 Å². The zero-order chi connectivity index (χ0) is 13.7. The Morgan fingerprint density at radius 1 is 1.42 bits per heavy atom. The summed E-state index contributed by atoms with van der Waals surface area (Å²) in [5.74, 6) is 0.392. The molecular weight excluding hydrogens is 268 g/mol. The van der Waals surface area contributed by atoms with Crippen LogP contribution in [0.4, 0.5) is 11.5 Å². The van der Waals surface area contributed by atoms with Gasteiger partial charge in [-0.25, -0.2) is 4.98 Å². The molecular formula is C12H11ClN4O2. The fourth-order valence-electron chi connectivity index (χ4n) is 1.56. The summed E-state index contributed by atoms with van der Waals surface area (Å²) in [5, 5.41) is 13.8. The normalized spacial score (nSPS) is 10.2. The van der Waals surface area contributed by atoms with Crippen LogP contribution in [0.5, 0.6) is 0 Å². The highest BCUT2D eigenvalue weighted by molar-refractivity contribution is 6.29. The third-order valence-electron chi connectivity index (χ3n) is 2.43. The SMILES string of the molecule is O=[N+]([O-])c1cc(Cl)nc(NCCc2cccnc2)c1. The van der Waals surface area contributed by atoms with Gasteiger partial charge in [0.25, 0.3) is 5.69 Å². The summed E-state index contributed by atoms with van der Waals surface area (Å²) >= 11 is 5.72. The van der Waals surface area contributed by atoms with Gasteiger partial charge in [-0.2, -0.15) is 0 Å². The van der Waals surface area contributed by atoms with E-state index in [1.807, 2.05) is 12.1 Å². The van der Waals surface area contributed by atoms with E-state index in [-0.39, 0.29) is 10.8 Å². The maximum atomic E-state index is 10.7. The number of nitro groups is 1. The molecule has 0 bridgehead atoms. The Hall–Kier alpha value is -2.21. The van der Waals surface area contributed by atoms with Crippen LogP contribution in [0, 0.1) is 10.1 Å². The minimum absolute atomic E-state index is 0.0797. The van der Waals surface area contributed by atoms with Crippen molar-refractivity contribution in [3.63, 3.8) is 0 Å². The topological polar surface area (TPSA) is 81.0 Å². The lowest BCUT2D eigenvalue weighted by Crippen LogP contribution is -2.07. The lowest BCUT2D eigenvalue weighted by atomic mass is 10.2. The molecule has 7 heteroatoms. The van der Waals surface area contributed by atoms with E-state index >= 15 is 0 Å². The van der Waals surface area contributed by atoms with Gasteiger partial charge in [-0.15, -0.1) is 0 Å². The third-order valence-corrected chi connectivity index (χ3v) is 2.63. The quantitative estimate of drug-likeness (QED) is 0.517. The molecule has 98 valence electrons. The van der Waals surface area contributed by atoms with Gasteiger partial charge in [0.2, 0.25) is 0 Å². The first-order valence-electron chi connectivity index (χ1n) is 5.60. The average Bonchev–Trinajstić information content (AvgIpc) is 2.39. The van der Waals surface area contributed by atoms with Crippen molar-refractivity contribution in [2.75, 3.05) is 11.9 Å².